The number of carbonyl (C=O) groups excluding carboxylic acids is 1. The van der Waals surface area contributed by atoms with Gasteiger partial charge in [-0.3, -0.25) is 4.79 Å². The molecule has 0 unspecified atom stereocenters. The number of nitrogens with one attached hydrogen (secondary N) is 1. The minimum absolute atomic E-state index is 0.0111. The molecular weight excluding hydrogens is 310 g/mol. The number of aromatic nitrogens is 2. The summed E-state index contributed by atoms with van der Waals surface area (Å²) in [7, 11) is 0. The summed E-state index contributed by atoms with van der Waals surface area (Å²) >= 11 is 0. The van der Waals surface area contributed by atoms with Gasteiger partial charge < -0.3 is 15.2 Å². The third-order valence-electron chi connectivity index (χ3n) is 3.37. The summed E-state index contributed by atoms with van der Waals surface area (Å²) in [4.78, 5) is 22.6. The Kier molecular flexibility index (Phi) is 6.51. The molecule has 1 aromatic carbocycles. The molecular formula is C17H21N3O4. The molecule has 7 heteroatoms. The van der Waals surface area contributed by atoms with Gasteiger partial charge in [-0.25, -0.2) is 9.48 Å². The highest BCUT2D eigenvalue weighted by atomic mass is 16.5. The fraction of sp³-hybridized carbons (Fsp3) is 0.353. The Hall–Kier alpha value is -2.67. The Morgan fingerprint density at radius 3 is 2.88 bits per heavy atom. The van der Waals surface area contributed by atoms with E-state index >= 15 is 0 Å². The average molecular weight is 331 g/mol. The quantitative estimate of drug-likeness (QED) is 0.686. The monoisotopic (exact) mass is 331 g/mol. The molecule has 2 N–H and O–H groups in total. The van der Waals surface area contributed by atoms with Crippen LogP contribution in [0.1, 0.15) is 35.8 Å². The van der Waals surface area contributed by atoms with E-state index in [1.54, 1.807) is 6.20 Å². The topological polar surface area (TPSA) is 93.5 Å². The molecule has 7 nitrogen and oxygen atoms in total. The highest BCUT2D eigenvalue weighted by molar-refractivity contribution is 5.85. The summed E-state index contributed by atoms with van der Waals surface area (Å²) < 4.78 is 6.70. The third kappa shape index (κ3) is 5.20. The molecule has 0 fully saturated rings. The van der Waals surface area contributed by atoms with E-state index in [2.05, 4.69) is 10.4 Å². The van der Waals surface area contributed by atoms with Crippen LogP contribution in [0.4, 0.5) is 0 Å². The van der Waals surface area contributed by atoms with E-state index < -0.39 is 5.97 Å². The molecule has 0 atom stereocenters. The number of hydrogen-bond donors (Lipinski definition) is 2. The number of carboxylic acid groups (broad SMARTS) is 1. The Balaban J connectivity index is 1.90. The van der Waals surface area contributed by atoms with Gasteiger partial charge in [0.1, 0.15) is 0 Å². The maximum absolute atomic E-state index is 11.8. The van der Waals surface area contributed by atoms with Crippen molar-refractivity contribution in [2.75, 3.05) is 13.2 Å². The second-order valence-corrected chi connectivity index (χ2v) is 5.20. The molecule has 0 radical (unpaired) electrons. The van der Waals surface area contributed by atoms with E-state index in [0.717, 1.165) is 11.3 Å². The van der Waals surface area contributed by atoms with Gasteiger partial charge >= 0.3 is 5.97 Å². The molecule has 0 aliphatic rings. The van der Waals surface area contributed by atoms with Crippen molar-refractivity contribution in [2.24, 2.45) is 0 Å². The van der Waals surface area contributed by atoms with Crippen molar-refractivity contribution in [3.63, 3.8) is 0 Å². The van der Waals surface area contributed by atoms with Crippen LogP contribution in [0.25, 0.3) is 5.69 Å². The van der Waals surface area contributed by atoms with Gasteiger partial charge in [-0.2, -0.15) is 5.10 Å². The summed E-state index contributed by atoms with van der Waals surface area (Å²) in [6.07, 6.45) is 2.72. The van der Waals surface area contributed by atoms with Gasteiger partial charge in [0.15, 0.2) is 5.69 Å². The molecule has 1 heterocycles. The molecule has 0 bridgehead atoms. The first kappa shape index (κ1) is 17.7. The number of hydrogen-bond acceptors (Lipinski definition) is 4. The SMILES string of the molecule is CCOCCCC(=O)NCc1cccc(-n2ccc(C(=O)O)n2)c1. The Labute approximate surface area is 140 Å². The van der Waals surface area contributed by atoms with Crippen LogP contribution >= 0.6 is 0 Å². The number of amides is 1. The zero-order valence-corrected chi connectivity index (χ0v) is 13.6. The van der Waals surface area contributed by atoms with Gasteiger partial charge in [0, 0.05) is 32.4 Å². The fourth-order valence-electron chi connectivity index (χ4n) is 2.16. The predicted molar refractivity (Wildman–Crippen MR) is 88.1 cm³/mol. The summed E-state index contributed by atoms with van der Waals surface area (Å²) in [5, 5.41) is 15.8. The van der Waals surface area contributed by atoms with Crippen LogP contribution in [0.2, 0.25) is 0 Å². The number of aromatic carboxylic acids is 1. The van der Waals surface area contributed by atoms with Crippen molar-refractivity contribution in [3.05, 3.63) is 47.8 Å². The lowest BCUT2D eigenvalue weighted by molar-refractivity contribution is -0.121. The van der Waals surface area contributed by atoms with Crippen LogP contribution in [0.3, 0.4) is 0 Å². The van der Waals surface area contributed by atoms with Gasteiger partial charge in [0.25, 0.3) is 0 Å². The van der Waals surface area contributed by atoms with Gasteiger partial charge in [-0.1, -0.05) is 12.1 Å². The summed E-state index contributed by atoms with van der Waals surface area (Å²) in [5.41, 5.74) is 1.65. The van der Waals surface area contributed by atoms with E-state index in [-0.39, 0.29) is 11.6 Å². The van der Waals surface area contributed by atoms with Gasteiger partial charge in [0.2, 0.25) is 5.91 Å². The molecule has 24 heavy (non-hydrogen) atoms. The van der Waals surface area contributed by atoms with Crippen molar-refractivity contribution >= 4 is 11.9 Å². The number of carbonyl (C=O) groups is 2. The number of nitrogens with zero attached hydrogens (tertiary/aromatic N) is 2. The van der Waals surface area contributed by atoms with Crippen LogP contribution in [0.15, 0.2) is 36.5 Å². The van der Waals surface area contributed by atoms with Gasteiger partial charge in [0.05, 0.1) is 5.69 Å². The number of ether oxygens (including phenoxy) is 1. The Bertz CT molecular complexity index is 697. The Morgan fingerprint density at radius 1 is 1.33 bits per heavy atom. The van der Waals surface area contributed by atoms with Crippen LogP contribution < -0.4 is 5.32 Å². The maximum Gasteiger partial charge on any atom is 0.356 e. The normalized spacial score (nSPS) is 10.5. The van der Waals surface area contributed by atoms with Crippen molar-refractivity contribution in [1.82, 2.24) is 15.1 Å². The van der Waals surface area contributed by atoms with Crippen LogP contribution in [-0.4, -0.2) is 40.0 Å². The molecule has 0 spiro atoms. The molecule has 1 aromatic heterocycles. The number of rotatable bonds is 9. The summed E-state index contributed by atoms with van der Waals surface area (Å²) in [5.74, 6) is -1.09. The highest BCUT2D eigenvalue weighted by Crippen LogP contribution is 2.11. The standard InChI is InChI=1S/C17H21N3O4/c1-2-24-10-4-7-16(21)18-12-13-5-3-6-14(11-13)20-9-8-15(19-20)17(22)23/h3,5-6,8-9,11H,2,4,7,10,12H2,1H3,(H,18,21)(H,22,23). The smallest absolute Gasteiger partial charge is 0.356 e. The van der Waals surface area contributed by atoms with Crippen molar-refractivity contribution in [1.29, 1.82) is 0 Å². The first-order chi connectivity index (χ1) is 11.6. The van der Waals surface area contributed by atoms with Gasteiger partial charge in [-0.15, -0.1) is 0 Å². The molecule has 0 saturated heterocycles. The van der Waals surface area contributed by atoms with Crippen molar-refractivity contribution in [3.8, 4) is 5.69 Å². The minimum Gasteiger partial charge on any atom is -0.476 e. The molecule has 0 aliphatic heterocycles. The van der Waals surface area contributed by atoms with E-state index in [9.17, 15) is 9.59 Å². The molecule has 0 saturated carbocycles. The van der Waals surface area contributed by atoms with Crippen molar-refractivity contribution in [2.45, 2.75) is 26.3 Å². The van der Waals surface area contributed by atoms with Gasteiger partial charge in [-0.05, 0) is 37.1 Å². The maximum atomic E-state index is 11.8. The van der Waals surface area contributed by atoms with E-state index in [1.807, 2.05) is 31.2 Å². The largest absolute Gasteiger partial charge is 0.476 e. The van der Waals surface area contributed by atoms with Crippen LogP contribution in [0, 0.1) is 0 Å². The van der Waals surface area contributed by atoms with Crippen molar-refractivity contribution < 1.29 is 19.4 Å². The first-order valence-electron chi connectivity index (χ1n) is 7.83. The molecule has 2 aromatic rings. The van der Waals surface area contributed by atoms with Crippen LogP contribution in [0.5, 0.6) is 0 Å². The third-order valence-corrected chi connectivity index (χ3v) is 3.37. The number of carboxylic acids is 1. The minimum atomic E-state index is -1.07. The van der Waals surface area contributed by atoms with E-state index in [4.69, 9.17) is 9.84 Å². The lowest BCUT2D eigenvalue weighted by Crippen LogP contribution is -2.22. The first-order valence-corrected chi connectivity index (χ1v) is 7.83. The molecule has 0 aliphatic carbocycles. The number of benzene rings is 1. The molecule has 1 amide bonds. The zero-order chi connectivity index (χ0) is 17.4. The average Bonchev–Trinajstić information content (AvgIpc) is 3.08. The second kappa shape index (κ2) is 8.83. The summed E-state index contributed by atoms with van der Waals surface area (Å²) in [6, 6.07) is 8.86. The fourth-order valence-corrected chi connectivity index (χ4v) is 2.16. The second-order valence-electron chi connectivity index (χ2n) is 5.20. The van der Waals surface area contributed by atoms with E-state index in [0.29, 0.717) is 32.6 Å². The zero-order valence-electron chi connectivity index (χ0n) is 13.6. The molecule has 2 rings (SSSR count). The predicted octanol–water partition coefficient (Wildman–Crippen LogP) is 2.00. The highest BCUT2D eigenvalue weighted by Gasteiger charge is 2.08. The molecule has 128 valence electrons. The summed E-state index contributed by atoms with van der Waals surface area (Å²) in [6.45, 7) is 3.58. The van der Waals surface area contributed by atoms with E-state index in [1.165, 1.54) is 10.7 Å². The lowest BCUT2D eigenvalue weighted by Gasteiger charge is -2.08. The Morgan fingerprint density at radius 2 is 2.17 bits per heavy atom. The lowest BCUT2D eigenvalue weighted by atomic mass is 10.2. The van der Waals surface area contributed by atoms with Crippen LogP contribution in [-0.2, 0) is 16.1 Å².